The lowest BCUT2D eigenvalue weighted by Crippen LogP contribution is -2.01. The topological polar surface area (TPSA) is 35.2 Å². The lowest BCUT2D eigenvalue weighted by Gasteiger charge is -2.13. The van der Waals surface area contributed by atoms with E-state index in [2.05, 4.69) is 6.07 Å². The lowest BCUT2D eigenvalue weighted by molar-refractivity contribution is 0.302. The Morgan fingerprint density at radius 3 is 2.32 bits per heavy atom. The maximum absolute atomic E-state index is 6.01. The number of aryl methyl sites for hydroxylation is 2. The fourth-order valence-corrected chi connectivity index (χ4v) is 2.45. The van der Waals surface area contributed by atoms with Gasteiger partial charge in [0.05, 0.1) is 0 Å². The Hall–Kier alpha value is -1.51. The summed E-state index contributed by atoms with van der Waals surface area (Å²) in [5.74, 6) is 0.905. The minimum absolute atomic E-state index is 0.539. The van der Waals surface area contributed by atoms with Crippen molar-refractivity contribution in [1.29, 1.82) is 0 Å². The van der Waals surface area contributed by atoms with Crippen molar-refractivity contribution in [2.75, 3.05) is 0 Å². The third kappa shape index (κ3) is 3.49. The van der Waals surface area contributed by atoms with Gasteiger partial charge in [-0.3, -0.25) is 0 Å². The lowest BCUT2D eigenvalue weighted by atomic mass is 10.1. The molecule has 0 fully saturated rings. The molecule has 0 radical (unpaired) electrons. The van der Waals surface area contributed by atoms with Crippen LogP contribution in [0.3, 0.4) is 0 Å². The van der Waals surface area contributed by atoms with Crippen molar-refractivity contribution in [2.24, 2.45) is 5.73 Å². The molecule has 0 aliphatic carbocycles. The number of halogens is 1. The maximum Gasteiger partial charge on any atom is 0.125 e. The Balaban J connectivity index is 2.14. The van der Waals surface area contributed by atoms with E-state index in [-0.39, 0.29) is 0 Å². The van der Waals surface area contributed by atoms with Crippen LogP contribution in [-0.2, 0) is 13.2 Å². The van der Waals surface area contributed by atoms with Gasteiger partial charge in [0.2, 0.25) is 0 Å². The highest BCUT2D eigenvalue weighted by Gasteiger charge is 2.06. The number of hydrogen-bond donors (Lipinski definition) is 1. The second kappa shape index (κ2) is 6.09. The van der Waals surface area contributed by atoms with E-state index in [0.717, 1.165) is 33.0 Å². The minimum atomic E-state index is 0.539. The van der Waals surface area contributed by atoms with Crippen LogP contribution in [0.25, 0.3) is 0 Å². The largest absolute Gasteiger partial charge is 0.488 e. The van der Waals surface area contributed by atoms with Crippen LogP contribution in [0.2, 0.25) is 5.02 Å². The molecule has 0 unspecified atom stereocenters. The third-order valence-corrected chi connectivity index (χ3v) is 3.25. The average Bonchev–Trinajstić information content (AvgIpc) is 2.37. The van der Waals surface area contributed by atoms with Gasteiger partial charge in [-0.15, -0.1) is 0 Å². The number of ether oxygens (including phenoxy) is 1. The summed E-state index contributed by atoms with van der Waals surface area (Å²) in [7, 11) is 0. The molecule has 0 saturated carbocycles. The SMILES string of the molecule is Cc1cc(Cl)cc(C)c1OCc1cccc(CN)c1. The van der Waals surface area contributed by atoms with E-state index >= 15 is 0 Å². The van der Waals surface area contributed by atoms with Crippen molar-refractivity contribution in [2.45, 2.75) is 27.0 Å². The molecule has 19 heavy (non-hydrogen) atoms. The first-order chi connectivity index (χ1) is 9.10. The summed E-state index contributed by atoms with van der Waals surface area (Å²) >= 11 is 6.01. The van der Waals surface area contributed by atoms with Gasteiger partial charge in [0.25, 0.3) is 0 Å². The van der Waals surface area contributed by atoms with Crippen LogP contribution in [0.1, 0.15) is 22.3 Å². The highest BCUT2D eigenvalue weighted by molar-refractivity contribution is 6.30. The van der Waals surface area contributed by atoms with Crippen molar-refractivity contribution in [1.82, 2.24) is 0 Å². The molecule has 2 nitrogen and oxygen atoms in total. The Kier molecular flexibility index (Phi) is 4.46. The van der Waals surface area contributed by atoms with Crippen LogP contribution in [0.4, 0.5) is 0 Å². The molecule has 0 bridgehead atoms. The van der Waals surface area contributed by atoms with Gasteiger partial charge in [-0.2, -0.15) is 0 Å². The van der Waals surface area contributed by atoms with Gasteiger partial charge in [-0.05, 0) is 48.2 Å². The zero-order valence-corrected chi connectivity index (χ0v) is 12.0. The standard InChI is InChI=1S/C16H18ClNO/c1-11-6-15(17)7-12(2)16(11)19-10-14-5-3-4-13(8-14)9-18/h3-8H,9-10,18H2,1-2H3. The van der Waals surface area contributed by atoms with Crippen LogP contribution in [0.5, 0.6) is 5.75 Å². The molecule has 0 saturated heterocycles. The van der Waals surface area contributed by atoms with E-state index in [4.69, 9.17) is 22.1 Å². The summed E-state index contributed by atoms with van der Waals surface area (Å²) in [5.41, 5.74) is 9.98. The zero-order valence-electron chi connectivity index (χ0n) is 11.2. The molecule has 0 heterocycles. The second-order valence-electron chi connectivity index (χ2n) is 4.68. The summed E-state index contributed by atoms with van der Waals surface area (Å²) in [6.45, 7) is 5.10. The second-order valence-corrected chi connectivity index (χ2v) is 5.12. The number of hydrogen-bond acceptors (Lipinski definition) is 2. The van der Waals surface area contributed by atoms with Gasteiger partial charge in [-0.1, -0.05) is 35.9 Å². The quantitative estimate of drug-likeness (QED) is 0.915. The van der Waals surface area contributed by atoms with E-state index in [0.29, 0.717) is 13.2 Å². The molecule has 2 rings (SSSR count). The first-order valence-electron chi connectivity index (χ1n) is 6.27. The maximum atomic E-state index is 6.01. The zero-order chi connectivity index (χ0) is 13.8. The Morgan fingerprint density at radius 2 is 1.68 bits per heavy atom. The Labute approximate surface area is 119 Å². The van der Waals surface area contributed by atoms with E-state index in [9.17, 15) is 0 Å². The molecule has 2 aromatic carbocycles. The molecule has 0 atom stereocenters. The molecule has 0 spiro atoms. The van der Waals surface area contributed by atoms with Crippen molar-refractivity contribution >= 4 is 11.6 Å². The fraction of sp³-hybridized carbons (Fsp3) is 0.250. The molecule has 0 aliphatic rings. The minimum Gasteiger partial charge on any atom is -0.488 e. The van der Waals surface area contributed by atoms with Crippen molar-refractivity contribution in [3.05, 3.63) is 63.7 Å². The summed E-state index contributed by atoms with van der Waals surface area (Å²) in [4.78, 5) is 0. The molecule has 100 valence electrons. The predicted molar refractivity (Wildman–Crippen MR) is 79.6 cm³/mol. The molecular weight excluding hydrogens is 258 g/mol. The fourth-order valence-electron chi connectivity index (χ4n) is 2.13. The number of rotatable bonds is 4. The highest BCUT2D eigenvalue weighted by atomic mass is 35.5. The molecule has 2 N–H and O–H groups in total. The summed E-state index contributed by atoms with van der Waals surface area (Å²) in [5, 5.41) is 0.743. The molecule has 2 aromatic rings. The van der Waals surface area contributed by atoms with Gasteiger partial charge in [-0.25, -0.2) is 0 Å². The highest BCUT2D eigenvalue weighted by Crippen LogP contribution is 2.27. The average molecular weight is 276 g/mol. The van der Waals surface area contributed by atoms with Crippen LogP contribution < -0.4 is 10.5 Å². The van der Waals surface area contributed by atoms with E-state index < -0.39 is 0 Å². The van der Waals surface area contributed by atoms with Crippen molar-refractivity contribution < 1.29 is 4.74 Å². The molecule has 0 aliphatic heterocycles. The number of nitrogens with two attached hydrogens (primary N) is 1. The Bertz CT molecular complexity index is 558. The molecule has 0 aromatic heterocycles. The molecular formula is C16H18ClNO. The smallest absolute Gasteiger partial charge is 0.125 e. The summed E-state index contributed by atoms with van der Waals surface area (Å²) in [6, 6.07) is 12.0. The predicted octanol–water partition coefficient (Wildman–Crippen LogP) is 3.99. The van der Waals surface area contributed by atoms with Gasteiger partial charge in [0, 0.05) is 11.6 Å². The molecule has 0 amide bonds. The Morgan fingerprint density at radius 1 is 1.05 bits per heavy atom. The van der Waals surface area contributed by atoms with Crippen LogP contribution in [0, 0.1) is 13.8 Å². The summed E-state index contributed by atoms with van der Waals surface area (Å²) < 4.78 is 5.91. The van der Waals surface area contributed by atoms with Crippen LogP contribution >= 0.6 is 11.6 Å². The normalized spacial score (nSPS) is 10.5. The van der Waals surface area contributed by atoms with E-state index in [1.54, 1.807) is 0 Å². The van der Waals surface area contributed by atoms with Gasteiger partial charge >= 0.3 is 0 Å². The summed E-state index contributed by atoms with van der Waals surface area (Å²) in [6.07, 6.45) is 0. The first kappa shape index (κ1) is 13.9. The van der Waals surface area contributed by atoms with Gasteiger partial charge in [0.15, 0.2) is 0 Å². The molecule has 3 heteroatoms. The monoisotopic (exact) mass is 275 g/mol. The van der Waals surface area contributed by atoms with Crippen LogP contribution in [0.15, 0.2) is 36.4 Å². The van der Waals surface area contributed by atoms with Gasteiger partial charge in [0.1, 0.15) is 12.4 Å². The van der Waals surface area contributed by atoms with E-state index in [1.807, 2.05) is 44.2 Å². The van der Waals surface area contributed by atoms with Crippen molar-refractivity contribution in [3.63, 3.8) is 0 Å². The first-order valence-corrected chi connectivity index (χ1v) is 6.65. The van der Waals surface area contributed by atoms with Crippen molar-refractivity contribution in [3.8, 4) is 5.75 Å². The number of benzene rings is 2. The van der Waals surface area contributed by atoms with Gasteiger partial charge < -0.3 is 10.5 Å². The van der Waals surface area contributed by atoms with E-state index in [1.165, 1.54) is 0 Å². The third-order valence-electron chi connectivity index (χ3n) is 3.04. The van der Waals surface area contributed by atoms with Crippen LogP contribution in [-0.4, -0.2) is 0 Å².